The average molecular weight is 331 g/mol. The molecule has 0 aromatic carbocycles. The lowest BCUT2D eigenvalue weighted by Gasteiger charge is -2.30. The van der Waals surface area contributed by atoms with Crippen LogP contribution < -0.4 is 5.73 Å². The second kappa shape index (κ2) is 6.04. The third kappa shape index (κ3) is 3.16. The van der Waals surface area contributed by atoms with E-state index in [-0.39, 0.29) is 6.04 Å². The fraction of sp³-hybridized carbons (Fsp3) is 0.714. The molecule has 3 atom stereocenters. The van der Waals surface area contributed by atoms with E-state index in [1.807, 2.05) is 11.3 Å². The molecule has 1 saturated heterocycles. The van der Waals surface area contributed by atoms with E-state index < -0.39 is 0 Å². The van der Waals surface area contributed by atoms with Gasteiger partial charge in [-0.1, -0.05) is 13.8 Å². The van der Waals surface area contributed by atoms with Crippen molar-refractivity contribution < 1.29 is 0 Å². The van der Waals surface area contributed by atoms with Crippen molar-refractivity contribution in [3.63, 3.8) is 0 Å². The van der Waals surface area contributed by atoms with Gasteiger partial charge in [-0.15, -0.1) is 11.3 Å². The largest absolute Gasteiger partial charge is 0.326 e. The molecule has 1 fully saturated rings. The van der Waals surface area contributed by atoms with E-state index in [0.29, 0.717) is 6.04 Å². The lowest BCUT2D eigenvalue weighted by Crippen LogP contribution is -2.38. The Balaban J connectivity index is 2.12. The van der Waals surface area contributed by atoms with Crippen LogP contribution in [0.15, 0.2) is 15.9 Å². The van der Waals surface area contributed by atoms with Crippen LogP contribution in [0, 0.1) is 11.8 Å². The van der Waals surface area contributed by atoms with Crippen LogP contribution in [0.3, 0.4) is 0 Å². The van der Waals surface area contributed by atoms with Crippen molar-refractivity contribution >= 4 is 27.3 Å². The Labute approximate surface area is 123 Å². The molecular weight excluding hydrogens is 308 g/mol. The van der Waals surface area contributed by atoms with Crippen LogP contribution in [0.2, 0.25) is 0 Å². The molecule has 0 saturated carbocycles. The summed E-state index contributed by atoms with van der Waals surface area (Å²) in [6.45, 7) is 9.17. The number of likely N-dealkylation sites (tertiary alicyclic amines) is 1. The molecule has 0 aliphatic carbocycles. The molecule has 1 aromatic rings. The molecule has 0 spiro atoms. The van der Waals surface area contributed by atoms with Gasteiger partial charge < -0.3 is 5.73 Å². The second-order valence-corrected chi connectivity index (χ2v) is 8.23. The van der Waals surface area contributed by atoms with E-state index in [9.17, 15) is 0 Å². The standard InChI is InChI=1S/C14H23BrN2S/c1-9(2)11-6-7-17(8-11)14(10(3)16)12-4-5-13(15)18-12/h4-5,9-11,14H,6-8,16H2,1-3H3. The maximum absolute atomic E-state index is 6.23. The highest BCUT2D eigenvalue weighted by molar-refractivity contribution is 9.11. The SMILES string of the molecule is CC(C)C1CCN(C(c2ccc(Br)s2)C(C)N)C1. The zero-order valence-electron chi connectivity index (χ0n) is 11.4. The highest BCUT2D eigenvalue weighted by Crippen LogP contribution is 2.36. The molecule has 1 aliphatic heterocycles. The van der Waals surface area contributed by atoms with Gasteiger partial charge in [0, 0.05) is 17.5 Å². The van der Waals surface area contributed by atoms with Crippen molar-refractivity contribution in [2.45, 2.75) is 39.3 Å². The number of hydrogen-bond donors (Lipinski definition) is 1. The minimum Gasteiger partial charge on any atom is -0.326 e. The summed E-state index contributed by atoms with van der Waals surface area (Å²) in [5.74, 6) is 1.61. The molecule has 2 rings (SSSR count). The average Bonchev–Trinajstić information content (AvgIpc) is 2.88. The van der Waals surface area contributed by atoms with E-state index in [2.05, 4.69) is 53.7 Å². The third-order valence-electron chi connectivity index (χ3n) is 3.98. The van der Waals surface area contributed by atoms with Crippen LogP contribution in [0.25, 0.3) is 0 Å². The van der Waals surface area contributed by atoms with Crippen molar-refractivity contribution in [2.24, 2.45) is 17.6 Å². The normalized spacial score (nSPS) is 24.7. The minimum atomic E-state index is 0.182. The number of thiophene rings is 1. The fourth-order valence-corrected chi connectivity index (χ4v) is 4.55. The zero-order valence-corrected chi connectivity index (χ0v) is 13.8. The first-order valence-electron chi connectivity index (χ1n) is 6.74. The minimum absolute atomic E-state index is 0.182. The lowest BCUT2D eigenvalue weighted by atomic mass is 9.95. The van der Waals surface area contributed by atoms with Crippen LogP contribution in [-0.2, 0) is 0 Å². The summed E-state index contributed by atoms with van der Waals surface area (Å²) in [6, 6.07) is 4.91. The topological polar surface area (TPSA) is 29.3 Å². The molecule has 2 heterocycles. The maximum atomic E-state index is 6.23. The summed E-state index contributed by atoms with van der Waals surface area (Å²) in [6.07, 6.45) is 1.31. The Hall–Kier alpha value is 0.1000. The molecule has 0 bridgehead atoms. The first-order valence-corrected chi connectivity index (χ1v) is 8.35. The molecule has 18 heavy (non-hydrogen) atoms. The van der Waals surface area contributed by atoms with E-state index in [4.69, 9.17) is 5.73 Å². The van der Waals surface area contributed by atoms with E-state index in [1.165, 1.54) is 28.2 Å². The van der Waals surface area contributed by atoms with Crippen molar-refractivity contribution in [2.75, 3.05) is 13.1 Å². The van der Waals surface area contributed by atoms with Crippen LogP contribution >= 0.6 is 27.3 Å². The Morgan fingerprint density at radius 1 is 1.39 bits per heavy atom. The summed E-state index contributed by atoms with van der Waals surface area (Å²) in [4.78, 5) is 3.97. The smallest absolute Gasteiger partial charge is 0.0702 e. The molecule has 3 unspecified atom stereocenters. The summed E-state index contributed by atoms with van der Waals surface area (Å²) < 4.78 is 1.20. The molecular formula is C14H23BrN2S. The predicted octanol–water partition coefficient (Wildman–Crippen LogP) is 3.88. The van der Waals surface area contributed by atoms with Gasteiger partial charge in [-0.25, -0.2) is 0 Å². The molecule has 2 nitrogen and oxygen atoms in total. The Morgan fingerprint density at radius 2 is 2.11 bits per heavy atom. The van der Waals surface area contributed by atoms with Gasteiger partial charge in [-0.2, -0.15) is 0 Å². The van der Waals surface area contributed by atoms with Crippen LogP contribution in [-0.4, -0.2) is 24.0 Å². The summed E-state index contributed by atoms with van der Waals surface area (Å²) in [7, 11) is 0. The Kier molecular flexibility index (Phi) is 4.86. The number of rotatable bonds is 4. The van der Waals surface area contributed by atoms with Crippen LogP contribution in [0.1, 0.15) is 38.1 Å². The van der Waals surface area contributed by atoms with Gasteiger partial charge in [-0.3, -0.25) is 4.90 Å². The zero-order chi connectivity index (χ0) is 13.3. The van der Waals surface area contributed by atoms with Gasteiger partial charge in [0.2, 0.25) is 0 Å². The highest BCUT2D eigenvalue weighted by Gasteiger charge is 2.32. The molecule has 4 heteroatoms. The summed E-state index contributed by atoms with van der Waals surface area (Å²) in [5, 5.41) is 0. The molecule has 102 valence electrons. The number of nitrogens with zero attached hydrogens (tertiary/aromatic N) is 1. The summed E-state index contributed by atoms with van der Waals surface area (Å²) in [5.41, 5.74) is 6.23. The first-order chi connectivity index (χ1) is 8.49. The van der Waals surface area contributed by atoms with E-state index in [0.717, 1.165) is 11.8 Å². The monoisotopic (exact) mass is 330 g/mol. The third-order valence-corrected chi connectivity index (χ3v) is 5.67. The van der Waals surface area contributed by atoms with Crippen molar-refractivity contribution in [1.29, 1.82) is 0 Å². The highest BCUT2D eigenvalue weighted by atomic mass is 79.9. The molecule has 2 N–H and O–H groups in total. The van der Waals surface area contributed by atoms with Crippen molar-refractivity contribution in [1.82, 2.24) is 4.90 Å². The fourth-order valence-electron chi connectivity index (χ4n) is 2.87. The number of halogens is 1. The van der Waals surface area contributed by atoms with Gasteiger partial charge in [0.15, 0.2) is 0 Å². The Morgan fingerprint density at radius 3 is 2.56 bits per heavy atom. The number of nitrogens with two attached hydrogens (primary N) is 1. The van der Waals surface area contributed by atoms with Crippen LogP contribution in [0.5, 0.6) is 0 Å². The lowest BCUT2D eigenvalue weighted by molar-refractivity contribution is 0.207. The molecule has 0 radical (unpaired) electrons. The molecule has 1 aliphatic rings. The van der Waals surface area contributed by atoms with Gasteiger partial charge in [0.25, 0.3) is 0 Å². The second-order valence-electron chi connectivity index (χ2n) is 5.73. The van der Waals surface area contributed by atoms with Gasteiger partial charge in [0.05, 0.1) is 9.83 Å². The maximum Gasteiger partial charge on any atom is 0.0702 e. The van der Waals surface area contributed by atoms with Crippen molar-refractivity contribution in [3.8, 4) is 0 Å². The molecule has 1 aromatic heterocycles. The van der Waals surface area contributed by atoms with E-state index in [1.54, 1.807) is 0 Å². The molecule has 0 amide bonds. The predicted molar refractivity (Wildman–Crippen MR) is 82.9 cm³/mol. The number of hydrogen-bond acceptors (Lipinski definition) is 3. The van der Waals surface area contributed by atoms with Gasteiger partial charge in [-0.05, 0) is 59.8 Å². The Bertz CT molecular complexity index is 389. The first kappa shape index (κ1) is 14.5. The van der Waals surface area contributed by atoms with Crippen molar-refractivity contribution in [3.05, 3.63) is 20.8 Å². The van der Waals surface area contributed by atoms with Crippen LogP contribution in [0.4, 0.5) is 0 Å². The van der Waals surface area contributed by atoms with Gasteiger partial charge in [0.1, 0.15) is 0 Å². The van der Waals surface area contributed by atoms with Gasteiger partial charge >= 0.3 is 0 Å². The summed E-state index contributed by atoms with van der Waals surface area (Å²) >= 11 is 5.37. The van der Waals surface area contributed by atoms with E-state index >= 15 is 0 Å². The quantitative estimate of drug-likeness (QED) is 0.907.